The van der Waals surface area contributed by atoms with Crippen LogP contribution in [-0.4, -0.2) is 48.5 Å². The van der Waals surface area contributed by atoms with Crippen molar-refractivity contribution in [2.24, 2.45) is 0 Å². The Kier molecular flexibility index (Phi) is 7.23. The highest BCUT2D eigenvalue weighted by molar-refractivity contribution is 7.13. The van der Waals surface area contributed by atoms with Gasteiger partial charge in [0, 0.05) is 42.2 Å². The van der Waals surface area contributed by atoms with Crippen LogP contribution in [0.25, 0.3) is 0 Å². The number of amides is 3. The summed E-state index contributed by atoms with van der Waals surface area (Å²) in [5.74, 6) is 0.154. The zero-order valence-corrected chi connectivity index (χ0v) is 17.7. The van der Waals surface area contributed by atoms with E-state index in [1.54, 1.807) is 29.8 Å². The lowest BCUT2D eigenvalue weighted by molar-refractivity contribution is -0.125. The highest BCUT2D eigenvalue weighted by Crippen LogP contribution is 2.34. The molecule has 160 valence electrons. The van der Waals surface area contributed by atoms with Crippen LogP contribution in [0.5, 0.6) is 11.5 Å². The largest absolute Gasteiger partial charge is 0.486 e. The first-order valence-electron chi connectivity index (χ1n) is 9.61. The summed E-state index contributed by atoms with van der Waals surface area (Å²) >= 11 is 1.30. The Morgan fingerprint density at radius 3 is 2.60 bits per heavy atom. The van der Waals surface area contributed by atoms with E-state index in [-0.39, 0.29) is 43.1 Å². The van der Waals surface area contributed by atoms with Crippen molar-refractivity contribution in [1.29, 1.82) is 0 Å². The van der Waals surface area contributed by atoms with Gasteiger partial charge in [-0.25, -0.2) is 4.98 Å². The predicted molar refractivity (Wildman–Crippen MR) is 113 cm³/mol. The number of nitrogens with one attached hydrogen (secondary N) is 2. The van der Waals surface area contributed by atoms with Gasteiger partial charge in [0.05, 0.1) is 0 Å². The Labute approximate surface area is 178 Å². The molecule has 3 amide bonds. The number of rotatable bonds is 8. The summed E-state index contributed by atoms with van der Waals surface area (Å²) in [5.41, 5.74) is 0.503. The molecule has 0 spiro atoms. The Balaban J connectivity index is 1.70. The van der Waals surface area contributed by atoms with Crippen LogP contribution in [0.3, 0.4) is 0 Å². The summed E-state index contributed by atoms with van der Waals surface area (Å²) in [6.45, 7) is 4.40. The molecule has 1 aromatic carbocycles. The van der Waals surface area contributed by atoms with Gasteiger partial charge in [0.25, 0.3) is 0 Å². The van der Waals surface area contributed by atoms with Gasteiger partial charge in [0.15, 0.2) is 16.6 Å². The molecular formula is C20H24N4O5S. The van der Waals surface area contributed by atoms with Crippen LogP contribution in [0.1, 0.15) is 26.7 Å². The first kappa shape index (κ1) is 21.6. The number of aromatic nitrogens is 1. The number of benzene rings is 1. The summed E-state index contributed by atoms with van der Waals surface area (Å²) in [6, 6.07) is 5.02. The maximum Gasteiger partial charge on any atom is 0.240 e. The van der Waals surface area contributed by atoms with Gasteiger partial charge in [0.1, 0.15) is 19.8 Å². The van der Waals surface area contributed by atoms with Crippen LogP contribution < -0.4 is 25.0 Å². The van der Waals surface area contributed by atoms with Crippen molar-refractivity contribution >= 4 is 39.9 Å². The quantitative estimate of drug-likeness (QED) is 0.662. The lowest BCUT2D eigenvalue weighted by Crippen LogP contribution is -2.43. The van der Waals surface area contributed by atoms with Crippen molar-refractivity contribution in [2.45, 2.75) is 32.7 Å². The van der Waals surface area contributed by atoms with Crippen LogP contribution >= 0.6 is 11.3 Å². The fraction of sp³-hybridized carbons (Fsp3) is 0.400. The average Bonchev–Trinajstić information content (AvgIpc) is 3.22. The second-order valence-electron chi connectivity index (χ2n) is 6.92. The molecule has 0 saturated heterocycles. The Morgan fingerprint density at radius 1 is 1.13 bits per heavy atom. The Hall–Kier alpha value is -3.14. The molecule has 0 aliphatic carbocycles. The number of carbonyl (C=O) groups is 3. The SMILES string of the molecule is CC(C)NC(=O)CN(C(=O)CCC(=O)Nc1nccs1)c1ccc2c(c1)OCCO2. The minimum absolute atomic E-state index is 0.0226. The first-order valence-corrected chi connectivity index (χ1v) is 10.5. The fourth-order valence-corrected chi connectivity index (χ4v) is 3.40. The molecule has 1 aliphatic heterocycles. The number of hydrogen-bond donors (Lipinski definition) is 2. The highest BCUT2D eigenvalue weighted by Gasteiger charge is 2.23. The zero-order chi connectivity index (χ0) is 21.5. The van der Waals surface area contributed by atoms with Crippen LogP contribution in [-0.2, 0) is 14.4 Å². The van der Waals surface area contributed by atoms with Crippen molar-refractivity contribution in [1.82, 2.24) is 10.3 Å². The molecule has 0 atom stereocenters. The Morgan fingerprint density at radius 2 is 1.90 bits per heavy atom. The summed E-state index contributed by atoms with van der Waals surface area (Å²) < 4.78 is 11.1. The normalized spacial score (nSPS) is 12.4. The third kappa shape index (κ3) is 5.93. The van der Waals surface area contributed by atoms with Gasteiger partial charge >= 0.3 is 0 Å². The zero-order valence-electron chi connectivity index (χ0n) is 16.8. The van der Waals surface area contributed by atoms with E-state index in [9.17, 15) is 14.4 Å². The average molecular weight is 433 g/mol. The molecule has 0 unspecified atom stereocenters. The minimum atomic E-state index is -0.347. The second kappa shape index (κ2) is 10.1. The van der Waals surface area contributed by atoms with Crippen molar-refractivity contribution in [2.75, 3.05) is 30.0 Å². The lowest BCUT2D eigenvalue weighted by Gasteiger charge is -2.25. The molecule has 0 radical (unpaired) electrons. The first-order chi connectivity index (χ1) is 14.4. The monoisotopic (exact) mass is 432 g/mol. The van der Waals surface area contributed by atoms with E-state index in [4.69, 9.17) is 9.47 Å². The Bertz CT molecular complexity index is 901. The number of thiazole rings is 1. The summed E-state index contributed by atoms with van der Waals surface area (Å²) in [7, 11) is 0. The van der Waals surface area contributed by atoms with Crippen LogP contribution in [0, 0.1) is 0 Å². The van der Waals surface area contributed by atoms with Crippen LogP contribution in [0.2, 0.25) is 0 Å². The van der Waals surface area contributed by atoms with E-state index in [0.717, 1.165) is 0 Å². The third-order valence-corrected chi connectivity index (χ3v) is 4.82. The number of nitrogens with zero attached hydrogens (tertiary/aromatic N) is 2. The molecule has 0 saturated carbocycles. The van der Waals surface area contributed by atoms with E-state index in [1.807, 2.05) is 13.8 Å². The second-order valence-corrected chi connectivity index (χ2v) is 7.81. The minimum Gasteiger partial charge on any atom is -0.486 e. The summed E-state index contributed by atoms with van der Waals surface area (Å²) in [6.07, 6.45) is 1.51. The molecule has 2 heterocycles. The maximum atomic E-state index is 12.9. The molecule has 1 aliphatic rings. The van der Waals surface area contributed by atoms with Crippen molar-refractivity contribution < 1.29 is 23.9 Å². The molecule has 10 heteroatoms. The van der Waals surface area contributed by atoms with Gasteiger partial charge in [-0.2, -0.15) is 0 Å². The van der Waals surface area contributed by atoms with Gasteiger partial charge in [-0.3, -0.25) is 14.4 Å². The molecule has 1 aromatic heterocycles. The number of anilines is 2. The molecule has 9 nitrogen and oxygen atoms in total. The number of hydrogen-bond acceptors (Lipinski definition) is 7. The van der Waals surface area contributed by atoms with E-state index in [2.05, 4.69) is 15.6 Å². The molecule has 0 bridgehead atoms. The molecule has 2 aromatic rings. The van der Waals surface area contributed by atoms with Crippen LogP contribution in [0.4, 0.5) is 10.8 Å². The number of ether oxygens (including phenoxy) is 2. The van der Waals surface area contributed by atoms with E-state index >= 15 is 0 Å². The summed E-state index contributed by atoms with van der Waals surface area (Å²) in [5, 5.41) is 7.65. The number of carbonyl (C=O) groups excluding carboxylic acids is 3. The van der Waals surface area contributed by atoms with Crippen molar-refractivity contribution in [3.8, 4) is 11.5 Å². The van der Waals surface area contributed by atoms with Gasteiger partial charge < -0.3 is 25.0 Å². The molecule has 3 rings (SSSR count). The molecular weight excluding hydrogens is 408 g/mol. The smallest absolute Gasteiger partial charge is 0.240 e. The molecule has 30 heavy (non-hydrogen) atoms. The summed E-state index contributed by atoms with van der Waals surface area (Å²) in [4.78, 5) is 42.7. The van der Waals surface area contributed by atoms with Crippen molar-refractivity contribution in [3.63, 3.8) is 0 Å². The molecule has 0 fully saturated rings. The maximum absolute atomic E-state index is 12.9. The van der Waals surface area contributed by atoms with E-state index in [1.165, 1.54) is 16.2 Å². The van der Waals surface area contributed by atoms with E-state index < -0.39 is 0 Å². The van der Waals surface area contributed by atoms with Crippen molar-refractivity contribution in [3.05, 3.63) is 29.8 Å². The van der Waals surface area contributed by atoms with E-state index in [0.29, 0.717) is 35.5 Å². The third-order valence-electron chi connectivity index (χ3n) is 4.13. The van der Waals surface area contributed by atoms with Gasteiger partial charge in [-0.1, -0.05) is 0 Å². The fourth-order valence-electron chi connectivity index (χ4n) is 2.86. The van der Waals surface area contributed by atoms with Gasteiger partial charge in [-0.05, 0) is 26.0 Å². The predicted octanol–water partition coefficient (Wildman–Crippen LogP) is 2.19. The topological polar surface area (TPSA) is 110 Å². The highest BCUT2D eigenvalue weighted by atomic mass is 32.1. The standard InChI is InChI=1S/C20H24N4O5S/c1-13(2)22-18(26)12-24(14-3-4-15-16(11-14)29-9-8-28-15)19(27)6-5-17(25)23-20-21-7-10-30-20/h3-4,7,10-11,13H,5-6,8-9,12H2,1-2H3,(H,22,26)(H,21,23,25). The van der Waals surface area contributed by atoms with Crippen LogP contribution in [0.15, 0.2) is 29.8 Å². The number of fused-ring (bicyclic) bond motifs is 1. The molecule has 2 N–H and O–H groups in total. The van der Waals surface area contributed by atoms with Gasteiger partial charge in [-0.15, -0.1) is 11.3 Å². The lowest BCUT2D eigenvalue weighted by atomic mass is 10.2. The van der Waals surface area contributed by atoms with Gasteiger partial charge in [0.2, 0.25) is 17.7 Å².